The van der Waals surface area contributed by atoms with Gasteiger partial charge in [0.1, 0.15) is 10.8 Å². The van der Waals surface area contributed by atoms with Gasteiger partial charge < -0.3 is 35.8 Å². The van der Waals surface area contributed by atoms with Gasteiger partial charge in [0.05, 0.1) is 42.0 Å². The molecule has 9 rings (SSSR count). The molecule has 2 amide bonds. The van der Waals surface area contributed by atoms with Gasteiger partial charge >= 0.3 is 0 Å². The summed E-state index contributed by atoms with van der Waals surface area (Å²) in [5.74, 6) is 1.66. The number of hydrogen-bond donors (Lipinski definition) is 5. The van der Waals surface area contributed by atoms with Gasteiger partial charge in [0.25, 0.3) is 0 Å². The molecule has 334 valence electrons. The average Bonchev–Trinajstić information content (AvgIpc) is 3.97. The van der Waals surface area contributed by atoms with Crippen molar-refractivity contribution in [2.24, 2.45) is 5.92 Å². The minimum Gasteiger partial charge on any atom is -0.491 e. The Labute approximate surface area is 374 Å². The summed E-state index contributed by atoms with van der Waals surface area (Å²) in [7, 11) is -3.45. The van der Waals surface area contributed by atoms with Crippen LogP contribution in [0.4, 0.5) is 40.2 Å². The second kappa shape index (κ2) is 18.9. The molecule has 3 saturated heterocycles. The fourth-order valence-corrected chi connectivity index (χ4v) is 10.9. The van der Waals surface area contributed by atoms with Crippen molar-refractivity contribution in [2.75, 3.05) is 90.0 Å². The maximum Gasteiger partial charge on any atom is 0.234 e. The van der Waals surface area contributed by atoms with Crippen molar-refractivity contribution in [1.82, 2.24) is 25.9 Å². The zero-order valence-corrected chi connectivity index (χ0v) is 37.4. The quantitative estimate of drug-likeness (QED) is 0.0712. The van der Waals surface area contributed by atoms with Crippen molar-refractivity contribution in [3.63, 3.8) is 0 Å². The average molecular weight is 898 g/mol. The Hall–Kier alpha value is -5.16. The second-order valence-electron chi connectivity index (χ2n) is 17.4. The number of piperidine rings is 3. The number of halogens is 1. The lowest BCUT2D eigenvalue weighted by molar-refractivity contribution is -0.134. The van der Waals surface area contributed by atoms with E-state index in [0.717, 1.165) is 93.6 Å². The van der Waals surface area contributed by atoms with Crippen LogP contribution in [-0.4, -0.2) is 101 Å². The van der Waals surface area contributed by atoms with Crippen LogP contribution in [0.3, 0.4) is 0 Å². The van der Waals surface area contributed by atoms with Crippen LogP contribution in [-0.2, 0) is 32.5 Å². The molecule has 15 nitrogen and oxygen atoms in total. The number of para-hydroxylation sites is 1. The summed E-state index contributed by atoms with van der Waals surface area (Å²) in [5.41, 5.74) is 7.56. The minimum absolute atomic E-state index is 0.177. The Morgan fingerprint density at radius 2 is 1.63 bits per heavy atom. The van der Waals surface area contributed by atoms with Crippen LogP contribution in [0, 0.1) is 5.92 Å². The third-order valence-electron chi connectivity index (χ3n) is 13.2. The molecular formula is C46H57ClN10O5S. The van der Waals surface area contributed by atoms with Crippen LogP contribution in [0.5, 0.6) is 5.75 Å². The van der Waals surface area contributed by atoms with Gasteiger partial charge in [-0.1, -0.05) is 35.9 Å². The molecule has 0 bridgehead atoms. The van der Waals surface area contributed by atoms with Crippen molar-refractivity contribution in [1.29, 1.82) is 0 Å². The molecule has 5 aliphatic heterocycles. The molecule has 17 heteroatoms. The lowest BCUT2D eigenvalue weighted by Crippen LogP contribution is -2.44. The second-order valence-corrected chi connectivity index (χ2v) is 19.7. The van der Waals surface area contributed by atoms with Crippen LogP contribution in [0.2, 0.25) is 5.02 Å². The lowest BCUT2D eigenvalue weighted by atomic mass is 9.90. The molecule has 3 aromatic carbocycles. The molecule has 63 heavy (non-hydrogen) atoms. The molecule has 1 unspecified atom stereocenters. The number of nitrogens with zero attached hydrogens (tertiary/aromatic N) is 5. The molecule has 0 radical (unpaired) electrons. The van der Waals surface area contributed by atoms with Gasteiger partial charge in [-0.25, -0.2) is 13.4 Å². The van der Waals surface area contributed by atoms with E-state index in [1.165, 1.54) is 53.0 Å². The number of benzene rings is 3. The lowest BCUT2D eigenvalue weighted by Gasteiger charge is -2.35. The molecule has 6 heterocycles. The predicted octanol–water partition coefficient (Wildman–Crippen LogP) is 5.85. The summed E-state index contributed by atoms with van der Waals surface area (Å²) in [4.78, 5) is 37.9. The molecule has 0 aliphatic carbocycles. The molecule has 1 atom stereocenters. The van der Waals surface area contributed by atoms with Crippen molar-refractivity contribution in [3.8, 4) is 5.75 Å². The van der Waals surface area contributed by atoms with Crippen molar-refractivity contribution < 1.29 is 22.7 Å². The van der Waals surface area contributed by atoms with E-state index in [9.17, 15) is 18.0 Å². The van der Waals surface area contributed by atoms with Crippen molar-refractivity contribution >= 4 is 73.6 Å². The number of aromatic nitrogens is 2. The zero-order chi connectivity index (χ0) is 43.5. The van der Waals surface area contributed by atoms with Gasteiger partial charge in [-0.2, -0.15) is 4.98 Å². The summed E-state index contributed by atoms with van der Waals surface area (Å²) < 4.78 is 32.7. The molecule has 0 saturated carbocycles. The maximum absolute atomic E-state index is 12.5. The SMILES string of the molecule is CS(=O)(=O)N1CCc2cccc(Nc3nc(Nc4ccc(N5CCC(NCCNCCC6CCN(c7ccc(C8CCC(=O)NC8=O)cc7)CC6)CC5)c5c4OCC5)ncc3Cl)c21. The van der Waals surface area contributed by atoms with Crippen LogP contribution in [0.25, 0.3) is 0 Å². The Bertz CT molecular complexity index is 2420. The Balaban J connectivity index is 0.700. The zero-order valence-electron chi connectivity index (χ0n) is 35.8. The Kier molecular flexibility index (Phi) is 12.9. The third kappa shape index (κ3) is 9.83. The molecule has 0 spiro atoms. The number of anilines is 7. The van der Waals surface area contributed by atoms with E-state index in [4.69, 9.17) is 16.3 Å². The molecule has 5 N–H and O–H groups in total. The molecular weight excluding hydrogens is 840 g/mol. The largest absolute Gasteiger partial charge is 0.491 e. The number of fused-ring (bicyclic) bond motifs is 2. The summed E-state index contributed by atoms with van der Waals surface area (Å²) in [6.07, 6.45) is 10.9. The standard InChI is InChI=1S/C46H57ClN10O5S/c1-63(60,61)57-27-16-32-3-2-4-38(42(32)57)51-44-37(47)29-50-46(54-44)52-39-10-11-40(36-19-28-62-43(36)39)56-25-17-33(18-26-56)49-22-21-48-20-13-30-14-23-55(24-15-30)34-7-5-31(6-8-34)35-9-12-41(58)53-45(35)59/h2-8,10-11,29-30,33,35,48-49H,9,12-28H2,1H3,(H,53,58,59)(H2,50,51,52,54). The number of carbonyl (C=O) groups excluding carboxylic acids is 2. The number of carbonyl (C=O) groups is 2. The van der Waals surface area contributed by atoms with Gasteiger partial charge in [-0.3, -0.25) is 19.2 Å². The normalized spacial score (nSPS) is 19.5. The first-order chi connectivity index (χ1) is 30.6. The first-order valence-corrected chi connectivity index (χ1v) is 24.6. The van der Waals surface area contributed by atoms with Gasteiger partial charge in [0, 0.05) is 81.6 Å². The molecule has 1 aromatic heterocycles. The van der Waals surface area contributed by atoms with Crippen LogP contribution in [0.15, 0.2) is 60.8 Å². The van der Waals surface area contributed by atoms with Crippen LogP contribution < -0.4 is 45.4 Å². The number of hydrogen-bond acceptors (Lipinski definition) is 13. The number of imide groups is 1. The molecule has 3 fully saturated rings. The highest BCUT2D eigenvalue weighted by atomic mass is 35.5. The highest BCUT2D eigenvalue weighted by Crippen LogP contribution is 2.43. The van der Waals surface area contributed by atoms with Crippen LogP contribution in [0.1, 0.15) is 67.6 Å². The highest BCUT2D eigenvalue weighted by molar-refractivity contribution is 7.92. The van der Waals surface area contributed by atoms with E-state index in [1.807, 2.05) is 36.4 Å². The molecule has 5 aliphatic rings. The van der Waals surface area contributed by atoms with Gasteiger partial charge in [-0.05, 0) is 98.9 Å². The smallest absolute Gasteiger partial charge is 0.234 e. The predicted molar refractivity (Wildman–Crippen MR) is 249 cm³/mol. The van der Waals surface area contributed by atoms with Gasteiger partial charge in [0.15, 0.2) is 5.82 Å². The number of rotatable bonds is 15. The van der Waals surface area contributed by atoms with E-state index in [1.54, 1.807) is 0 Å². The topological polar surface area (TPSA) is 173 Å². The number of amides is 2. The summed E-state index contributed by atoms with van der Waals surface area (Å²) in [5, 5.41) is 16.9. The fraction of sp³-hybridized carbons (Fsp3) is 0.478. The molecule has 4 aromatic rings. The van der Waals surface area contributed by atoms with Crippen molar-refractivity contribution in [2.45, 2.75) is 69.7 Å². The third-order valence-corrected chi connectivity index (χ3v) is 14.7. The van der Waals surface area contributed by atoms with E-state index in [-0.39, 0.29) is 17.7 Å². The number of ether oxygens (including phenoxy) is 1. The summed E-state index contributed by atoms with van der Waals surface area (Å²) >= 11 is 6.56. The van der Waals surface area contributed by atoms with Crippen molar-refractivity contribution in [3.05, 3.63) is 82.5 Å². The van der Waals surface area contributed by atoms with Gasteiger partial charge in [0.2, 0.25) is 27.8 Å². The first kappa shape index (κ1) is 43.1. The highest BCUT2D eigenvalue weighted by Gasteiger charge is 2.31. The Morgan fingerprint density at radius 1 is 0.841 bits per heavy atom. The Morgan fingerprint density at radius 3 is 2.41 bits per heavy atom. The minimum atomic E-state index is -3.45. The number of sulfonamides is 1. The number of nitrogens with one attached hydrogen (secondary N) is 5. The summed E-state index contributed by atoms with van der Waals surface area (Å²) in [6.45, 7) is 8.00. The van der Waals surface area contributed by atoms with E-state index in [0.29, 0.717) is 66.6 Å². The van der Waals surface area contributed by atoms with E-state index >= 15 is 0 Å². The summed E-state index contributed by atoms with van der Waals surface area (Å²) in [6, 6.07) is 18.7. The fourth-order valence-electron chi connectivity index (χ4n) is 9.82. The van der Waals surface area contributed by atoms with Crippen LogP contribution >= 0.6 is 11.6 Å². The van der Waals surface area contributed by atoms with E-state index in [2.05, 4.69) is 64.6 Å². The monoisotopic (exact) mass is 896 g/mol. The maximum atomic E-state index is 12.5. The van der Waals surface area contributed by atoms with Gasteiger partial charge in [-0.15, -0.1) is 0 Å². The first-order valence-electron chi connectivity index (χ1n) is 22.4. The van der Waals surface area contributed by atoms with E-state index < -0.39 is 10.0 Å².